The summed E-state index contributed by atoms with van der Waals surface area (Å²) in [5, 5.41) is 24.2. The molecule has 0 spiro atoms. The Morgan fingerprint density at radius 2 is 1.79 bits per heavy atom. The number of carboxylic acid groups (broad SMARTS) is 1. The van der Waals surface area contributed by atoms with E-state index < -0.39 is 11.8 Å². The molecule has 2 aromatic carbocycles. The van der Waals surface area contributed by atoms with Gasteiger partial charge in [-0.2, -0.15) is 10.4 Å². The van der Waals surface area contributed by atoms with Crippen molar-refractivity contribution in [3.63, 3.8) is 0 Å². The molecule has 1 aliphatic carbocycles. The van der Waals surface area contributed by atoms with Crippen LogP contribution in [0.15, 0.2) is 54.6 Å². The second kappa shape index (κ2) is 8.60. The molecule has 0 unspecified atom stereocenters. The first kappa shape index (κ1) is 21.6. The number of halogens is 1. The summed E-state index contributed by atoms with van der Waals surface area (Å²) in [5.41, 5.74) is 8.41. The molecule has 34 heavy (non-hydrogen) atoms. The summed E-state index contributed by atoms with van der Waals surface area (Å²) in [6.07, 6.45) is 2.17. The van der Waals surface area contributed by atoms with Crippen LogP contribution in [-0.2, 0) is 4.79 Å². The maximum atomic E-state index is 15.8. The quantitative estimate of drug-likeness (QED) is 0.438. The lowest BCUT2D eigenvalue weighted by Crippen LogP contribution is -2.24. The van der Waals surface area contributed by atoms with Crippen LogP contribution in [0.2, 0.25) is 0 Å². The van der Waals surface area contributed by atoms with Gasteiger partial charge in [0.2, 0.25) is 0 Å². The van der Waals surface area contributed by atoms with Gasteiger partial charge >= 0.3 is 5.97 Å². The third-order valence-electron chi connectivity index (χ3n) is 6.58. The van der Waals surface area contributed by atoms with Gasteiger partial charge in [0, 0.05) is 16.5 Å². The third-order valence-corrected chi connectivity index (χ3v) is 6.58. The zero-order chi connectivity index (χ0) is 23.8. The first-order valence-electron chi connectivity index (χ1n) is 11.1. The monoisotopic (exact) mass is 455 g/mol. The van der Waals surface area contributed by atoms with E-state index in [1.807, 2.05) is 42.5 Å². The number of nitriles is 1. The number of rotatable bonds is 4. The molecule has 0 amide bonds. The number of carboxylic acids is 1. The van der Waals surface area contributed by atoms with E-state index in [1.54, 1.807) is 16.8 Å². The maximum absolute atomic E-state index is 15.8. The van der Waals surface area contributed by atoms with Crippen LogP contribution < -0.4 is 5.73 Å². The molecule has 0 radical (unpaired) electrons. The summed E-state index contributed by atoms with van der Waals surface area (Å²) in [6.45, 7) is 0. The van der Waals surface area contributed by atoms with Gasteiger partial charge in [0.25, 0.3) is 0 Å². The van der Waals surface area contributed by atoms with Gasteiger partial charge in [-0.05, 0) is 37.8 Å². The molecule has 0 aliphatic heterocycles. The van der Waals surface area contributed by atoms with E-state index in [0.717, 1.165) is 5.56 Å². The number of carbonyl (C=O) groups is 1. The van der Waals surface area contributed by atoms with Crippen molar-refractivity contribution in [2.24, 2.45) is 5.92 Å². The summed E-state index contributed by atoms with van der Waals surface area (Å²) in [5.74, 6) is -1.58. The fraction of sp³-hybridized carbons (Fsp3) is 0.231. The van der Waals surface area contributed by atoms with E-state index >= 15 is 4.39 Å². The van der Waals surface area contributed by atoms with E-state index in [1.165, 1.54) is 0 Å². The number of nitrogens with two attached hydrogens (primary N) is 1. The van der Waals surface area contributed by atoms with Gasteiger partial charge < -0.3 is 10.8 Å². The molecular weight excluding hydrogens is 433 g/mol. The number of aliphatic carboxylic acids is 1. The first-order chi connectivity index (χ1) is 16.5. The smallest absolute Gasteiger partial charge is 0.306 e. The van der Waals surface area contributed by atoms with Crippen LogP contribution in [0.5, 0.6) is 0 Å². The Bertz CT molecular complexity index is 1430. The second-order valence-corrected chi connectivity index (χ2v) is 8.57. The number of nitrogens with zero attached hydrogens (tertiary/aromatic N) is 4. The van der Waals surface area contributed by atoms with Gasteiger partial charge in [-0.25, -0.2) is 14.1 Å². The SMILES string of the molecule is N#Cc1c(-c2ccc3ccc(-c4ccccc4)nc3c2F)nn(C2CCC(C(=O)O)CC2)c1N. The highest BCUT2D eigenvalue weighted by molar-refractivity contribution is 5.88. The van der Waals surface area contributed by atoms with Crippen LogP contribution in [0, 0.1) is 23.1 Å². The van der Waals surface area contributed by atoms with Crippen molar-refractivity contribution < 1.29 is 14.3 Å². The highest BCUT2D eigenvalue weighted by atomic mass is 19.1. The van der Waals surface area contributed by atoms with Gasteiger partial charge in [0.05, 0.1) is 17.7 Å². The van der Waals surface area contributed by atoms with Crippen LogP contribution in [0.1, 0.15) is 37.3 Å². The number of hydrogen-bond donors (Lipinski definition) is 2. The van der Waals surface area contributed by atoms with Gasteiger partial charge in [-0.15, -0.1) is 0 Å². The molecule has 2 aromatic heterocycles. The number of hydrogen-bond acceptors (Lipinski definition) is 5. The van der Waals surface area contributed by atoms with Crippen molar-refractivity contribution in [2.45, 2.75) is 31.7 Å². The standard InChI is InChI=1S/C26H22FN5O2/c27-22-19(12-8-16-9-13-21(30-23(16)22)15-4-2-1-3-5-15)24-20(14-28)25(29)32(31-24)18-10-6-17(7-11-18)26(33)34/h1-5,8-9,12-13,17-18H,6-7,10-11,29H2,(H,33,34). The number of fused-ring (bicyclic) bond motifs is 1. The molecular formula is C26H22FN5O2. The number of anilines is 1. The van der Waals surface area contributed by atoms with Gasteiger partial charge in [0.1, 0.15) is 28.7 Å². The number of pyridine rings is 1. The third kappa shape index (κ3) is 3.65. The molecule has 170 valence electrons. The van der Waals surface area contributed by atoms with Crippen LogP contribution >= 0.6 is 0 Å². The molecule has 1 aliphatic rings. The normalized spacial score (nSPS) is 18.0. The molecule has 1 saturated carbocycles. The second-order valence-electron chi connectivity index (χ2n) is 8.57. The minimum absolute atomic E-state index is 0.109. The van der Waals surface area contributed by atoms with E-state index in [9.17, 15) is 15.2 Å². The Hall–Kier alpha value is -4.25. The van der Waals surface area contributed by atoms with Crippen LogP contribution in [0.25, 0.3) is 33.4 Å². The Labute approximate surface area is 195 Å². The number of benzene rings is 2. The predicted octanol–water partition coefficient (Wildman–Crippen LogP) is 5.17. The van der Waals surface area contributed by atoms with Crippen molar-refractivity contribution in [3.05, 3.63) is 66.0 Å². The molecule has 0 bridgehead atoms. The first-order valence-corrected chi connectivity index (χ1v) is 11.1. The minimum atomic E-state index is -0.800. The van der Waals surface area contributed by atoms with Crippen LogP contribution in [0.3, 0.4) is 0 Å². The van der Waals surface area contributed by atoms with Crippen molar-refractivity contribution in [1.82, 2.24) is 14.8 Å². The van der Waals surface area contributed by atoms with Crippen LogP contribution in [0.4, 0.5) is 10.2 Å². The van der Waals surface area contributed by atoms with Crippen LogP contribution in [-0.4, -0.2) is 25.8 Å². The minimum Gasteiger partial charge on any atom is -0.481 e. The fourth-order valence-electron chi connectivity index (χ4n) is 4.70. The van der Waals surface area contributed by atoms with E-state index in [4.69, 9.17) is 5.73 Å². The lowest BCUT2D eigenvalue weighted by Gasteiger charge is -2.26. The van der Waals surface area contributed by atoms with E-state index in [2.05, 4.69) is 16.2 Å². The molecule has 7 nitrogen and oxygen atoms in total. The summed E-state index contributed by atoms with van der Waals surface area (Å²) in [6, 6.07) is 18.5. The predicted molar refractivity (Wildman–Crippen MR) is 126 cm³/mol. The molecule has 1 fully saturated rings. The fourth-order valence-corrected chi connectivity index (χ4v) is 4.70. The topological polar surface area (TPSA) is 118 Å². The highest BCUT2D eigenvalue weighted by Gasteiger charge is 2.30. The zero-order valence-electron chi connectivity index (χ0n) is 18.3. The summed E-state index contributed by atoms with van der Waals surface area (Å²) < 4.78 is 17.3. The Morgan fingerprint density at radius 3 is 2.47 bits per heavy atom. The molecule has 4 aromatic rings. The van der Waals surface area contributed by atoms with Gasteiger partial charge in [0.15, 0.2) is 5.82 Å². The molecule has 5 rings (SSSR count). The summed E-state index contributed by atoms with van der Waals surface area (Å²) in [4.78, 5) is 15.8. The maximum Gasteiger partial charge on any atom is 0.306 e. The van der Waals surface area contributed by atoms with Crippen molar-refractivity contribution in [3.8, 4) is 28.6 Å². The highest BCUT2D eigenvalue weighted by Crippen LogP contribution is 2.38. The number of nitrogen functional groups attached to an aromatic ring is 1. The summed E-state index contributed by atoms with van der Waals surface area (Å²) in [7, 11) is 0. The van der Waals surface area contributed by atoms with Gasteiger partial charge in [-0.1, -0.05) is 42.5 Å². The van der Waals surface area contributed by atoms with E-state index in [0.29, 0.717) is 36.8 Å². The van der Waals surface area contributed by atoms with E-state index in [-0.39, 0.29) is 40.1 Å². The average Bonchev–Trinajstić information content (AvgIpc) is 3.20. The average molecular weight is 455 g/mol. The largest absolute Gasteiger partial charge is 0.481 e. The molecule has 0 saturated heterocycles. The lowest BCUT2D eigenvalue weighted by molar-refractivity contribution is -0.143. The zero-order valence-corrected chi connectivity index (χ0v) is 18.3. The van der Waals surface area contributed by atoms with Crippen molar-refractivity contribution >= 4 is 22.7 Å². The molecule has 8 heteroatoms. The Kier molecular flexibility index (Phi) is 5.46. The molecule has 2 heterocycles. The van der Waals surface area contributed by atoms with Gasteiger partial charge in [-0.3, -0.25) is 4.79 Å². The Balaban J connectivity index is 1.57. The Morgan fingerprint density at radius 1 is 1.09 bits per heavy atom. The number of aromatic nitrogens is 3. The lowest BCUT2D eigenvalue weighted by atomic mass is 9.86. The molecule has 0 atom stereocenters. The summed E-state index contributed by atoms with van der Waals surface area (Å²) >= 11 is 0. The van der Waals surface area contributed by atoms with Crippen molar-refractivity contribution in [1.29, 1.82) is 5.26 Å². The molecule has 3 N–H and O–H groups in total. The van der Waals surface area contributed by atoms with Crippen molar-refractivity contribution in [2.75, 3.05) is 5.73 Å².